The lowest BCUT2D eigenvalue weighted by Crippen LogP contribution is -2.45. The fourth-order valence-corrected chi connectivity index (χ4v) is 3.08. The summed E-state index contributed by atoms with van der Waals surface area (Å²) in [6, 6.07) is 0.261. The van der Waals surface area contributed by atoms with Crippen LogP contribution in [0, 0.1) is 5.41 Å². The minimum absolute atomic E-state index is 0.221. The fourth-order valence-electron chi connectivity index (χ4n) is 1.94. The van der Waals surface area contributed by atoms with Crippen LogP contribution in [-0.2, 0) is 0 Å². The van der Waals surface area contributed by atoms with E-state index in [4.69, 9.17) is 5.73 Å². The van der Waals surface area contributed by atoms with Crippen LogP contribution >= 0.6 is 11.8 Å². The van der Waals surface area contributed by atoms with Crippen molar-refractivity contribution >= 4 is 11.8 Å². The molecule has 16 heavy (non-hydrogen) atoms. The Morgan fingerprint density at radius 2 is 2.00 bits per heavy atom. The number of hydrogen-bond acceptors (Lipinski definition) is 3. The number of thioether (sulfide) groups is 1. The average Bonchev–Trinajstić information content (AvgIpc) is 2.27. The summed E-state index contributed by atoms with van der Waals surface area (Å²) in [5.41, 5.74) is 6.27. The van der Waals surface area contributed by atoms with Crippen molar-refractivity contribution in [1.29, 1.82) is 0 Å². The van der Waals surface area contributed by atoms with Gasteiger partial charge in [0, 0.05) is 29.6 Å². The third-order valence-electron chi connectivity index (χ3n) is 3.79. The van der Waals surface area contributed by atoms with Gasteiger partial charge in [-0.25, -0.2) is 0 Å². The van der Waals surface area contributed by atoms with Crippen LogP contribution in [0.3, 0.4) is 0 Å². The first kappa shape index (κ1) is 14.3. The van der Waals surface area contributed by atoms with E-state index in [1.807, 2.05) is 0 Å². The quantitative estimate of drug-likeness (QED) is 0.827. The predicted molar refractivity (Wildman–Crippen MR) is 75.0 cm³/mol. The minimum atomic E-state index is 0.221. The summed E-state index contributed by atoms with van der Waals surface area (Å²) in [7, 11) is 0. The molecule has 0 aromatic heterocycles. The van der Waals surface area contributed by atoms with Crippen molar-refractivity contribution in [2.75, 3.05) is 25.4 Å². The first-order valence-corrected chi connectivity index (χ1v) is 7.33. The van der Waals surface area contributed by atoms with Crippen molar-refractivity contribution in [1.82, 2.24) is 4.90 Å². The van der Waals surface area contributed by atoms with Crippen molar-refractivity contribution < 1.29 is 0 Å². The first-order valence-electron chi connectivity index (χ1n) is 6.35. The second-order valence-corrected chi connectivity index (χ2v) is 8.21. The Morgan fingerprint density at radius 1 is 1.38 bits per heavy atom. The average molecular weight is 244 g/mol. The Balaban J connectivity index is 2.50. The Kier molecular flexibility index (Phi) is 4.73. The predicted octanol–water partition coefficient (Wildman–Crippen LogP) is 2.58. The lowest BCUT2D eigenvalue weighted by atomic mass is 9.85. The summed E-state index contributed by atoms with van der Waals surface area (Å²) in [5, 5.41) is 0. The molecule has 0 aromatic carbocycles. The molecule has 0 radical (unpaired) electrons. The molecule has 0 amide bonds. The minimum Gasteiger partial charge on any atom is -0.327 e. The third kappa shape index (κ3) is 4.27. The van der Waals surface area contributed by atoms with Gasteiger partial charge in [-0.15, -0.1) is 0 Å². The standard InChI is InChI=1S/C13H28N2S/c1-11(14)12(2,3)10-15-7-6-13(4,5)16-9-8-15/h11H,6-10,14H2,1-5H3. The summed E-state index contributed by atoms with van der Waals surface area (Å²) in [6.45, 7) is 15.0. The van der Waals surface area contributed by atoms with E-state index in [2.05, 4.69) is 51.3 Å². The number of nitrogens with two attached hydrogens (primary N) is 1. The van der Waals surface area contributed by atoms with Crippen LogP contribution in [0.5, 0.6) is 0 Å². The summed E-state index contributed by atoms with van der Waals surface area (Å²) >= 11 is 2.11. The van der Waals surface area contributed by atoms with E-state index in [0.29, 0.717) is 4.75 Å². The molecule has 1 heterocycles. The van der Waals surface area contributed by atoms with E-state index in [0.717, 1.165) is 6.54 Å². The maximum absolute atomic E-state index is 6.05. The van der Waals surface area contributed by atoms with Gasteiger partial charge < -0.3 is 10.6 Å². The van der Waals surface area contributed by atoms with Crippen LogP contribution in [0.25, 0.3) is 0 Å². The molecular formula is C13H28N2S. The summed E-state index contributed by atoms with van der Waals surface area (Å²) in [6.07, 6.45) is 1.28. The van der Waals surface area contributed by atoms with Gasteiger partial charge in [0.1, 0.15) is 0 Å². The maximum atomic E-state index is 6.05. The monoisotopic (exact) mass is 244 g/mol. The Labute approximate surface area is 105 Å². The molecule has 1 atom stereocenters. The molecule has 96 valence electrons. The molecule has 0 aliphatic carbocycles. The van der Waals surface area contributed by atoms with Crippen molar-refractivity contribution in [3.8, 4) is 0 Å². The smallest absolute Gasteiger partial charge is 0.0116 e. The van der Waals surface area contributed by atoms with Crippen LogP contribution in [-0.4, -0.2) is 41.1 Å². The first-order chi connectivity index (χ1) is 7.23. The number of rotatable bonds is 3. The molecule has 1 unspecified atom stereocenters. The van der Waals surface area contributed by atoms with E-state index in [1.165, 1.54) is 25.3 Å². The fraction of sp³-hybridized carbons (Fsp3) is 1.00. The van der Waals surface area contributed by atoms with Crippen LogP contribution in [0.15, 0.2) is 0 Å². The van der Waals surface area contributed by atoms with Gasteiger partial charge in [-0.3, -0.25) is 0 Å². The molecule has 0 saturated carbocycles. The van der Waals surface area contributed by atoms with Gasteiger partial charge in [0.05, 0.1) is 0 Å². The van der Waals surface area contributed by atoms with Gasteiger partial charge in [-0.05, 0) is 25.3 Å². The van der Waals surface area contributed by atoms with E-state index >= 15 is 0 Å². The van der Waals surface area contributed by atoms with Gasteiger partial charge in [-0.1, -0.05) is 27.7 Å². The normalized spacial score (nSPS) is 25.1. The third-order valence-corrected chi connectivity index (χ3v) is 5.17. The maximum Gasteiger partial charge on any atom is 0.0116 e. The highest BCUT2D eigenvalue weighted by Crippen LogP contribution is 2.32. The molecular weight excluding hydrogens is 216 g/mol. The Hall–Kier alpha value is 0.270. The SMILES string of the molecule is CC(N)C(C)(C)CN1CCSC(C)(C)CC1. The highest BCUT2D eigenvalue weighted by molar-refractivity contribution is 8.00. The zero-order valence-corrected chi connectivity index (χ0v) is 12.4. The molecule has 1 saturated heterocycles. The lowest BCUT2D eigenvalue weighted by molar-refractivity contribution is 0.162. The molecule has 0 aromatic rings. The number of nitrogens with zero attached hydrogens (tertiary/aromatic N) is 1. The van der Waals surface area contributed by atoms with Crippen LogP contribution in [0.4, 0.5) is 0 Å². The Bertz CT molecular complexity index is 224. The molecule has 1 fully saturated rings. The van der Waals surface area contributed by atoms with Crippen molar-refractivity contribution in [2.45, 2.75) is 51.8 Å². The van der Waals surface area contributed by atoms with Crippen LogP contribution < -0.4 is 5.73 Å². The molecule has 1 aliphatic heterocycles. The van der Waals surface area contributed by atoms with E-state index < -0.39 is 0 Å². The van der Waals surface area contributed by atoms with Gasteiger partial charge in [0.2, 0.25) is 0 Å². The van der Waals surface area contributed by atoms with E-state index in [1.54, 1.807) is 0 Å². The van der Waals surface area contributed by atoms with Crippen LogP contribution in [0.1, 0.15) is 41.0 Å². The molecule has 1 aliphatic rings. The molecule has 2 N–H and O–H groups in total. The lowest BCUT2D eigenvalue weighted by Gasteiger charge is -2.35. The van der Waals surface area contributed by atoms with Crippen molar-refractivity contribution in [3.05, 3.63) is 0 Å². The second kappa shape index (κ2) is 5.28. The molecule has 1 rings (SSSR count). The van der Waals surface area contributed by atoms with Crippen molar-refractivity contribution in [2.24, 2.45) is 11.1 Å². The van der Waals surface area contributed by atoms with Gasteiger partial charge in [-0.2, -0.15) is 11.8 Å². The second-order valence-electron chi connectivity index (χ2n) is 6.41. The van der Waals surface area contributed by atoms with Gasteiger partial charge in [0.15, 0.2) is 0 Å². The van der Waals surface area contributed by atoms with Crippen molar-refractivity contribution in [3.63, 3.8) is 0 Å². The molecule has 0 bridgehead atoms. The van der Waals surface area contributed by atoms with Gasteiger partial charge >= 0.3 is 0 Å². The Morgan fingerprint density at radius 3 is 2.56 bits per heavy atom. The highest BCUT2D eigenvalue weighted by Gasteiger charge is 2.29. The van der Waals surface area contributed by atoms with E-state index in [9.17, 15) is 0 Å². The van der Waals surface area contributed by atoms with Crippen LogP contribution in [0.2, 0.25) is 0 Å². The zero-order chi connectivity index (χ0) is 12.4. The summed E-state index contributed by atoms with van der Waals surface area (Å²) in [5.74, 6) is 1.25. The molecule has 0 spiro atoms. The summed E-state index contributed by atoms with van der Waals surface area (Å²) in [4.78, 5) is 2.59. The summed E-state index contributed by atoms with van der Waals surface area (Å²) < 4.78 is 0.452. The topological polar surface area (TPSA) is 29.3 Å². The zero-order valence-electron chi connectivity index (χ0n) is 11.5. The number of hydrogen-bond donors (Lipinski definition) is 1. The van der Waals surface area contributed by atoms with Gasteiger partial charge in [0.25, 0.3) is 0 Å². The largest absolute Gasteiger partial charge is 0.327 e. The highest BCUT2D eigenvalue weighted by atomic mass is 32.2. The molecule has 3 heteroatoms. The molecule has 2 nitrogen and oxygen atoms in total. The van der Waals surface area contributed by atoms with E-state index in [-0.39, 0.29) is 11.5 Å².